The first-order chi connectivity index (χ1) is 8.06. The van der Waals surface area contributed by atoms with Gasteiger partial charge in [-0.2, -0.15) is 4.98 Å². The summed E-state index contributed by atoms with van der Waals surface area (Å²) in [6, 6.07) is -0.312. The second-order valence-corrected chi connectivity index (χ2v) is 3.60. The molecule has 1 unspecified atom stereocenters. The van der Waals surface area contributed by atoms with Gasteiger partial charge in [0.15, 0.2) is 11.6 Å². The van der Waals surface area contributed by atoms with Crippen molar-refractivity contribution in [3.63, 3.8) is 0 Å². The number of hydrogen-bond acceptors (Lipinski definition) is 6. The predicted octanol–water partition coefficient (Wildman–Crippen LogP) is 1.67. The zero-order valence-electron chi connectivity index (χ0n) is 9.44. The Kier molecular flexibility index (Phi) is 2.90. The van der Waals surface area contributed by atoms with E-state index in [2.05, 4.69) is 20.3 Å². The molecule has 3 N–H and O–H groups in total. The Morgan fingerprint density at radius 3 is 2.82 bits per heavy atom. The molecule has 0 bridgehead atoms. The fourth-order valence-corrected chi connectivity index (χ4v) is 1.32. The molecule has 0 aliphatic rings. The number of anilines is 2. The van der Waals surface area contributed by atoms with Gasteiger partial charge in [-0.1, -0.05) is 0 Å². The zero-order chi connectivity index (χ0) is 12.4. The van der Waals surface area contributed by atoms with Gasteiger partial charge in [0.2, 0.25) is 11.8 Å². The summed E-state index contributed by atoms with van der Waals surface area (Å²) in [5.74, 6) is 0.607. The van der Waals surface area contributed by atoms with E-state index in [0.29, 0.717) is 11.7 Å². The van der Waals surface area contributed by atoms with Crippen molar-refractivity contribution < 1.29 is 8.81 Å². The number of aromatic nitrogens is 3. The van der Waals surface area contributed by atoms with E-state index in [9.17, 15) is 4.39 Å². The number of nitrogens with one attached hydrogen (secondary N) is 1. The third kappa shape index (κ3) is 2.49. The van der Waals surface area contributed by atoms with Crippen LogP contribution in [0.5, 0.6) is 0 Å². The lowest BCUT2D eigenvalue weighted by Gasteiger charge is -2.11. The van der Waals surface area contributed by atoms with Crippen LogP contribution in [0.2, 0.25) is 0 Å². The Hall–Kier alpha value is -2.18. The first-order valence-electron chi connectivity index (χ1n) is 5.03. The van der Waals surface area contributed by atoms with Gasteiger partial charge in [0.1, 0.15) is 11.8 Å². The van der Waals surface area contributed by atoms with Gasteiger partial charge in [-0.15, -0.1) is 0 Å². The summed E-state index contributed by atoms with van der Waals surface area (Å²) in [6.45, 7) is 3.56. The molecule has 2 heterocycles. The maximum Gasteiger partial charge on any atom is 0.222 e. The van der Waals surface area contributed by atoms with Crippen molar-refractivity contribution in [1.29, 1.82) is 0 Å². The van der Waals surface area contributed by atoms with Crippen LogP contribution in [-0.2, 0) is 0 Å². The van der Waals surface area contributed by atoms with E-state index in [4.69, 9.17) is 10.2 Å². The molecule has 90 valence electrons. The van der Waals surface area contributed by atoms with Crippen molar-refractivity contribution in [2.45, 2.75) is 19.9 Å². The van der Waals surface area contributed by atoms with Gasteiger partial charge in [-0.3, -0.25) is 0 Å². The van der Waals surface area contributed by atoms with E-state index < -0.39 is 5.82 Å². The van der Waals surface area contributed by atoms with Gasteiger partial charge < -0.3 is 15.5 Å². The van der Waals surface area contributed by atoms with E-state index in [-0.39, 0.29) is 17.8 Å². The molecule has 0 aliphatic carbocycles. The van der Waals surface area contributed by atoms with E-state index in [1.807, 2.05) is 0 Å². The van der Waals surface area contributed by atoms with Crippen LogP contribution in [0.3, 0.4) is 0 Å². The maximum absolute atomic E-state index is 13.4. The second-order valence-electron chi connectivity index (χ2n) is 3.60. The number of aryl methyl sites for hydroxylation is 1. The topological polar surface area (TPSA) is 89.9 Å². The lowest BCUT2D eigenvalue weighted by atomic mass is 10.3. The predicted molar refractivity (Wildman–Crippen MR) is 59.7 cm³/mol. The largest absolute Gasteiger partial charge is 0.444 e. The van der Waals surface area contributed by atoms with Gasteiger partial charge in [0, 0.05) is 0 Å². The Morgan fingerprint density at radius 1 is 1.41 bits per heavy atom. The Morgan fingerprint density at radius 2 is 2.18 bits per heavy atom. The van der Waals surface area contributed by atoms with Crippen LogP contribution in [0.25, 0.3) is 0 Å². The molecular formula is C10H12FN5O. The monoisotopic (exact) mass is 237 g/mol. The van der Waals surface area contributed by atoms with E-state index in [1.54, 1.807) is 20.0 Å². The molecule has 6 nitrogen and oxygen atoms in total. The standard InChI is InChI=1S/C10H12FN5O/c1-5-3-13-9(17-5)6(2)15-8-7(11)4-14-10(12)16-8/h3-4,6H,1-2H3,(H3,12,14,15,16). The molecule has 1 atom stereocenters. The summed E-state index contributed by atoms with van der Waals surface area (Å²) >= 11 is 0. The van der Waals surface area contributed by atoms with E-state index in [1.165, 1.54) is 0 Å². The summed E-state index contributed by atoms with van der Waals surface area (Å²) in [6.07, 6.45) is 2.61. The molecule has 2 aromatic rings. The molecule has 0 aromatic carbocycles. The average Bonchev–Trinajstić information content (AvgIpc) is 2.70. The van der Waals surface area contributed by atoms with Crippen LogP contribution in [0, 0.1) is 12.7 Å². The number of nitrogens with zero attached hydrogens (tertiary/aromatic N) is 3. The molecular weight excluding hydrogens is 225 g/mol. The normalized spacial score (nSPS) is 12.4. The van der Waals surface area contributed by atoms with Crippen LogP contribution in [0.1, 0.15) is 24.6 Å². The molecule has 0 aliphatic heterocycles. The molecule has 7 heteroatoms. The Bertz CT molecular complexity index is 527. The Labute approximate surface area is 97.1 Å². The van der Waals surface area contributed by atoms with Gasteiger partial charge in [-0.25, -0.2) is 14.4 Å². The van der Waals surface area contributed by atoms with E-state index in [0.717, 1.165) is 6.20 Å². The third-order valence-electron chi connectivity index (χ3n) is 2.13. The summed E-state index contributed by atoms with van der Waals surface area (Å²) in [5, 5.41) is 2.82. The molecule has 0 spiro atoms. The third-order valence-corrected chi connectivity index (χ3v) is 2.13. The van der Waals surface area contributed by atoms with Crippen molar-refractivity contribution in [2.75, 3.05) is 11.1 Å². The number of halogens is 1. The highest BCUT2D eigenvalue weighted by molar-refractivity contribution is 5.40. The van der Waals surface area contributed by atoms with E-state index >= 15 is 0 Å². The maximum atomic E-state index is 13.4. The number of hydrogen-bond donors (Lipinski definition) is 2. The molecule has 0 amide bonds. The van der Waals surface area contributed by atoms with Crippen molar-refractivity contribution in [3.05, 3.63) is 29.9 Å². The minimum Gasteiger partial charge on any atom is -0.444 e. The van der Waals surface area contributed by atoms with Gasteiger partial charge in [-0.05, 0) is 13.8 Å². The smallest absolute Gasteiger partial charge is 0.222 e. The Balaban J connectivity index is 2.18. The summed E-state index contributed by atoms with van der Waals surface area (Å²) in [7, 11) is 0. The zero-order valence-corrected chi connectivity index (χ0v) is 9.44. The lowest BCUT2D eigenvalue weighted by Crippen LogP contribution is -2.11. The fourth-order valence-electron chi connectivity index (χ4n) is 1.32. The number of nitrogen functional groups attached to an aromatic ring is 1. The number of oxazole rings is 1. The van der Waals surface area contributed by atoms with Crippen molar-refractivity contribution in [2.24, 2.45) is 0 Å². The van der Waals surface area contributed by atoms with Crippen LogP contribution in [0.15, 0.2) is 16.8 Å². The van der Waals surface area contributed by atoms with Crippen molar-refractivity contribution in [1.82, 2.24) is 15.0 Å². The quantitative estimate of drug-likeness (QED) is 0.843. The highest BCUT2D eigenvalue weighted by Crippen LogP contribution is 2.19. The first kappa shape index (κ1) is 11.3. The summed E-state index contributed by atoms with van der Waals surface area (Å²) in [5.41, 5.74) is 5.38. The van der Waals surface area contributed by atoms with Crippen LogP contribution in [0.4, 0.5) is 16.2 Å². The van der Waals surface area contributed by atoms with Crippen molar-refractivity contribution >= 4 is 11.8 Å². The van der Waals surface area contributed by atoms with Gasteiger partial charge in [0.05, 0.1) is 12.4 Å². The van der Waals surface area contributed by atoms with Gasteiger partial charge >= 0.3 is 0 Å². The van der Waals surface area contributed by atoms with Crippen molar-refractivity contribution in [3.8, 4) is 0 Å². The molecule has 0 saturated heterocycles. The highest BCUT2D eigenvalue weighted by Gasteiger charge is 2.14. The molecule has 0 radical (unpaired) electrons. The van der Waals surface area contributed by atoms with Crippen LogP contribution < -0.4 is 11.1 Å². The minimum atomic E-state index is -0.575. The molecule has 17 heavy (non-hydrogen) atoms. The van der Waals surface area contributed by atoms with Crippen LogP contribution in [-0.4, -0.2) is 15.0 Å². The lowest BCUT2D eigenvalue weighted by molar-refractivity contribution is 0.452. The summed E-state index contributed by atoms with van der Waals surface area (Å²) in [4.78, 5) is 11.3. The summed E-state index contributed by atoms with van der Waals surface area (Å²) < 4.78 is 18.7. The molecule has 2 rings (SSSR count). The minimum absolute atomic E-state index is 0.00434. The second kappa shape index (κ2) is 4.36. The average molecular weight is 237 g/mol. The molecule has 0 fully saturated rings. The number of rotatable bonds is 3. The van der Waals surface area contributed by atoms with Gasteiger partial charge in [0.25, 0.3) is 0 Å². The number of nitrogens with two attached hydrogens (primary N) is 1. The SMILES string of the molecule is Cc1cnc(C(C)Nc2nc(N)ncc2F)o1. The fraction of sp³-hybridized carbons (Fsp3) is 0.300. The first-order valence-corrected chi connectivity index (χ1v) is 5.03. The molecule has 2 aromatic heterocycles. The molecule has 0 saturated carbocycles. The highest BCUT2D eigenvalue weighted by atomic mass is 19.1. The van der Waals surface area contributed by atoms with Crippen LogP contribution >= 0.6 is 0 Å².